The molecule has 0 saturated heterocycles. The molecule has 246 valence electrons. The van der Waals surface area contributed by atoms with E-state index in [4.69, 9.17) is 52.1 Å². The maximum atomic E-state index is 10.8. The van der Waals surface area contributed by atoms with Gasteiger partial charge in [0.2, 0.25) is 0 Å². The van der Waals surface area contributed by atoms with Crippen LogP contribution in [0.5, 0.6) is 0 Å². The largest absolute Gasteiger partial charge is 0.467 e. The van der Waals surface area contributed by atoms with Crippen LogP contribution in [0.25, 0.3) is 0 Å². The van der Waals surface area contributed by atoms with E-state index in [-0.39, 0.29) is 6.61 Å². The van der Waals surface area contributed by atoms with Crippen molar-refractivity contribution in [2.75, 3.05) is 173 Å². The van der Waals surface area contributed by atoms with E-state index in [0.717, 1.165) is 6.54 Å². The summed E-state index contributed by atoms with van der Waals surface area (Å²) in [5, 5.41) is 0. The fraction of sp³-hybridized carbons (Fsp3) is 0.963. The van der Waals surface area contributed by atoms with Crippen molar-refractivity contribution < 1.29 is 61.6 Å². The molecule has 0 N–H and O–H groups in total. The van der Waals surface area contributed by atoms with Gasteiger partial charge in [-0.25, -0.2) is 4.79 Å². The lowest BCUT2D eigenvalue weighted by Gasteiger charge is -2.10. The zero-order valence-corrected chi connectivity index (χ0v) is 25.5. The van der Waals surface area contributed by atoms with Crippen LogP contribution in [0.4, 0.5) is 0 Å². The van der Waals surface area contributed by atoms with Crippen LogP contribution in [0, 0.1) is 0 Å². The number of hydrogen-bond acceptors (Lipinski definition) is 14. The number of methoxy groups -OCH3 is 1. The van der Waals surface area contributed by atoms with Crippen LogP contribution < -0.4 is 0 Å². The second-order valence-electron chi connectivity index (χ2n) is 8.56. The van der Waals surface area contributed by atoms with E-state index in [9.17, 15) is 4.79 Å². The number of esters is 1. The molecule has 14 heteroatoms. The van der Waals surface area contributed by atoms with Crippen LogP contribution in [-0.2, 0) is 61.6 Å². The number of ether oxygens (including phenoxy) is 12. The van der Waals surface area contributed by atoms with Crippen LogP contribution in [0.3, 0.4) is 0 Å². The number of rotatable bonds is 35. The molecule has 0 atom stereocenters. The van der Waals surface area contributed by atoms with Gasteiger partial charge in [0.1, 0.15) is 6.61 Å². The van der Waals surface area contributed by atoms with Crippen molar-refractivity contribution in [3.63, 3.8) is 0 Å². The van der Waals surface area contributed by atoms with Crippen LogP contribution in [0.15, 0.2) is 0 Å². The van der Waals surface area contributed by atoms with Gasteiger partial charge in [-0.15, -0.1) is 0 Å². The minimum atomic E-state index is -0.406. The van der Waals surface area contributed by atoms with E-state index < -0.39 is 5.97 Å². The molecular weight excluding hydrogens is 546 g/mol. The average molecular weight is 602 g/mol. The first-order valence-corrected chi connectivity index (χ1v) is 14.2. The molecule has 0 amide bonds. The van der Waals surface area contributed by atoms with Gasteiger partial charge in [0.15, 0.2) is 0 Å². The van der Waals surface area contributed by atoms with E-state index in [1.54, 1.807) is 0 Å². The summed E-state index contributed by atoms with van der Waals surface area (Å²) in [6.07, 6.45) is 0. The average Bonchev–Trinajstić information content (AvgIpc) is 2.97. The lowest BCUT2D eigenvalue weighted by atomic mass is 10.6. The quantitative estimate of drug-likeness (QED) is 0.0708. The highest BCUT2D eigenvalue weighted by molar-refractivity contribution is 5.70. The summed E-state index contributed by atoms with van der Waals surface area (Å²) in [5.74, 6) is -0.406. The highest BCUT2D eigenvalue weighted by Crippen LogP contribution is 1.87. The Morgan fingerprint density at radius 1 is 0.390 bits per heavy atom. The molecule has 41 heavy (non-hydrogen) atoms. The molecule has 0 aromatic carbocycles. The van der Waals surface area contributed by atoms with Gasteiger partial charge in [-0.1, -0.05) is 0 Å². The van der Waals surface area contributed by atoms with Gasteiger partial charge in [-0.3, -0.25) is 0 Å². The minimum Gasteiger partial charge on any atom is -0.467 e. The van der Waals surface area contributed by atoms with Gasteiger partial charge in [0.25, 0.3) is 0 Å². The molecule has 0 fully saturated rings. The van der Waals surface area contributed by atoms with Crippen molar-refractivity contribution in [1.29, 1.82) is 0 Å². The van der Waals surface area contributed by atoms with E-state index in [1.165, 1.54) is 7.11 Å². The number of carbonyl (C=O) groups is 1. The number of nitrogens with zero attached hydrogens (tertiary/aromatic N) is 1. The molecule has 0 heterocycles. The van der Waals surface area contributed by atoms with Gasteiger partial charge in [-0.2, -0.15) is 0 Å². The van der Waals surface area contributed by atoms with Crippen molar-refractivity contribution >= 4 is 5.97 Å². The summed E-state index contributed by atoms with van der Waals surface area (Å²) in [6, 6.07) is 0. The van der Waals surface area contributed by atoms with Crippen LogP contribution in [-0.4, -0.2) is 184 Å². The molecule has 0 rings (SSSR count). The molecule has 0 radical (unpaired) electrons. The maximum absolute atomic E-state index is 10.8. The molecule has 0 aliphatic carbocycles. The zero-order chi connectivity index (χ0) is 29.9. The van der Waals surface area contributed by atoms with Gasteiger partial charge in [0, 0.05) is 6.54 Å². The molecular formula is C27H55NO13. The predicted octanol–water partition coefficient (Wildman–Crippen LogP) is -0.0964. The normalized spacial score (nSPS) is 11.5. The third kappa shape index (κ3) is 37.0. The van der Waals surface area contributed by atoms with Gasteiger partial charge < -0.3 is 61.7 Å². The lowest BCUT2D eigenvalue weighted by Crippen LogP contribution is -2.19. The number of hydrogen-bond donors (Lipinski definition) is 0. The molecule has 14 nitrogen and oxygen atoms in total. The Balaban J connectivity index is 3.05. The summed E-state index contributed by atoms with van der Waals surface area (Å²) in [5.41, 5.74) is 0. The van der Waals surface area contributed by atoms with Crippen LogP contribution in [0.1, 0.15) is 0 Å². The van der Waals surface area contributed by atoms with E-state index in [0.29, 0.717) is 139 Å². The molecule has 0 spiro atoms. The summed E-state index contributed by atoms with van der Waals surface area (Å²) < 4.78 is 63.8. The zero-order valence-electron chi connectivity index (χ0n) is 25.5. The Labute approximate surface area is 246 Å². The first-order chi connectivity index (χ1) is 20.2. The molecule has 0 aromatic rings. The summed E-state index contributed by atoms with van der Waals surface area (Å²) in [7, 11) is 5.35. The highest BCUT2D eigenvalue weighted by atomic mass is 16.6. The van der Waals surface area contributed by atoms with Crippen molar-refractivity contribution in [1.82, 2.24) is 4.90 Å². The molecule has 0 unspecified atom stereocenters. The molecule has 0 aliphatic heterocycles. The van der Waals surface area contributed by atoms with Gasteiger partial charge >= 0.3 is 5.97 Å². The standard InChI is InChI=1S/C27H55NO13/c1-28(2)4-5-31-6-7-32-8-9-33-10-11-34-12-13-35-14-15-36-16-17-37-18-19-38-20-21-39-22-23-40-24-25-41-26-27(29)30-3/h4-26H2,1-3H3. The van der Waals surface area contributed by atoms with E-state index in [1.807, 2.05) is 14.1 Å². The molecule has 0 aliphatic rings. The monoisotopic (exact) mass is 601 g/mol. The first kappa shape index (κ1) is 40.0. The van der Waals surface area contributed by atoms with Crippen LogP contribution >= 0.6 is 0 Å². The Bertz CT molecular complexity index is 518. The van der Waals surface area contributed by atoms with Crippen LogP contribution in [0.2, 0.25) is 0 Å². The predicted molar refractivity (Wildman–Crippen MR) is 150 cm³/mol. The molecule has 0 bridgehead atoms. The van der Waals surface area contributed by atoms with Crippen molar-refractivity contribution in [3.05, 3.63) is 0 Å². The summed E-state index contributed by atoms with van der Waals surface area (Å²) in [4.78, 5) is 12.9. The topological polar surface area (TPSA) is 131 Å². The third-order valence-electron chi connectivity index (χ3n) is 4.85. The van der Waals surface area contributed by atoms with E-state index >= 15 is 0 Å². The Morgan fingerprint density at radius 3 is 0.829 bits per heavy atom. The van der Waals surface area contributed by atoms with Crippen molar-refractivity contribution in [3.8, 4) is 0 Å². The summed E-state index contributed by atoms with van der Waals surface area (Å²) in [6.45, 7) is 11.5. The second kappa shape index (κ2) is 35.2. The van der Waals surface area contributed by atoms with Crippen molar-refractivity contribution in [2.24, 2.45) is 0 Å². The maximum Gasteiger partial charge on any atom is 0.331 e. The molecule has 0 saturated carbocycles. The Morgan fingerprint density at radius 2 is 0.610 bits per heavy atom. The smallest absolute Gasteiger partial charge is 0.331 e. The number of carbonyl (C=O) groups excluding carboxylic acids is 1. The fourth-order valence-electron chi connectivity index (χ4n) is 2.66. The van der Waals surface area contributed by atoms with E-state index in [2.05, 4.69) is 9.64 Å². The molecule has 0 aromatic heterocycles. The Kier molecular flexibility index (Phi) is 34.3. The lowest BCUT2D eigenvalue weighted by molar-refractivity contribution is -0.146. The second-order valence-corrected chi connectivity index (χ2v) is 8.56. The van der Waals surface area contributed by atoms with Crippen molar-refractivity contribution in [2.45, 2.75) is 0 Å². The SMILES string of the molecule is COC(=O)COCCOCCOCCOCCOCCOCCOCCOCCOCCOCCOCCN(C)C. The first-order valence-electron chi connectivity index (χ1n) is 14.2. The third-order valence-corrected chi connectivity index (χ3v) is 4.85. The van der Waals surface area contributed by atoms with Gasteiger partial charge in [-0.05, 0) is 14.1 Å². The fourth-order valence-corrected chi connectivity index (χ4v) is 2.66. The van der Waals surface area contributed by atoms with Gasteiger partial charge in [0.05, 0.1) is 146 Å². The minimum absolute atomic E-state index is 0.0684. The number of likely N-dealkylation sites (N-methyl/N-ethyl adjacent to an activating group) is 1. The highest BCUT2D eigenvalue weighted by Gasteiger charge is 1.99. The Hall–Kier alpha value is -1.01. The summed E-state index contributed by atoms with van der Waals surface area (Å²) >= 11 is 0.